The predicted molar refractivity (Wildman–Crippen MR) is 74.9 cm³/mol. The van der Waals surface area contributed by atoms with Crippen LogP contribution in [0.2, 0.25) is 0 Å². The summed E-state index contributed by atoms with van der Waals surface area (Å²) >= 11 is 0. The lowest BCUT2D eigenvalue weighted by atomic mass is 10.1. The number of hydrogen-bond acceptors (Lipinski definition) is 4. The zero-order chi connectivity index (χ0) is 13.7. The first kappa shape index (κ1) is 13.9. The maximum atomic E-state index is 8.93. The zero-order valence-electron chi connectivity index (χ0n) is 11.7. The van der Waals surface area contributed by atoms with Gasteiger partial charge in [0.25, 0.3) is 0 Å². The van der Waals surface area contributed by atoms with Crippen molar-refractivity contribution in [1.82, 2.24) is 9.80 Å². The number of piperazine rings is 1. The Kier molecular flexibility index (Phi) is 4.78. The molecule has 2 rings (SSSR count). The topological polar surface area (TPSA) is 39.5 Å². The van der Waals surface area contributed by atoms with Crippen molar-refractivity contribution < 1.29 is 4.74 Å². The molecule has 4 nitrogen and oxygen atoms in total. The fraction of sp³-hybridized carbons (Fsp3) is 0.533. The molecule has 0 amide bonds. The lowest BCUT2D eigenvalue weighted by Gasteiger charge is -2.35. The molecule has 0 aliphatic carbocycles. The maximum Gasteiger partial charge on any atom is 0.119 e. The maximum absolute atomic E-state index is 8.93. The van der Waals surface area contributed by atoms with Crippen LogP contribution in [-0.4, -0.2) is 49.1 Å². The summed E-state index contributed by atoms with van der Waals surface area (Å²) in [5, 5.41) is 8.93. The monoisotopic (exact) mass is 259 g/mol. The van der Waals surface area contributed by atoms with Crippen molar-refractivity contribution in [3.63, 3.8) is 0 Å². The Labute approximate surface area is 115 Å². The largest absolute Gasteiger partial charge is 0.497 e. The molecule has 102 valence electrons. The third kappa shape index (κ3) is 3.69. The summed E-state index contributed by atoms with van der Waals surface area (Å²) < 4.78 is 5.24. The average Bonchev–Trinajstić information content (AvgIpc) is 2.47. The molecule has 0 radical (unpaired) electrons. The number of hydrogen-bond donors (Lipinski definition) is 0. The minimum atomic E-state index is 0.0268. The van der Waals surface area contributed by atoms with Crippen LogP contribution in [0.5, 0.6) is 5.75 Å². The van der Waals surface area contributed by atoms with Gasteiger partial charge in [-0.3, -0.25) is 9.80 Å². The molecule has 1 aliphatic heterocycles. The van der Waals surface area contributed by atoms with Crippen molar-refractivity contribution in [2.75, 3.05) is 33.3 Å². The highest BCUT2D eigenvalue weighted by molar-refractivity contribution is 5.28. The van der Waals surface area contributed by atoms with E-state index in [0.29, 0.717) is 0 Å². The van der Waals surface area contributed by atoms with Crippen molar-refractivity contribution in [2.45, 2.75) is 19.5 Å². The summed E-state index contributed by atoms with van der Waals surface area (Å²) in [7, 11) is 1.70. The smallest absolute Gasteiger partial charge is 0.119 e. The van der Waals surface area contributed by atoms with Gasteiger partial charge in [-0.2, -0.15) is 5.26 Å². The van der Waals surface area contributed by atoms with Crippen LogP contribution in [0.15, 0.2) is 24.3 Å². The molecule has 1 aliphatic rings. The lowest BCUT2D eigenvalue weighted by Crippen LogP contribution is -2.48. The van der Waals surface area contributed by atoms with Crippen molar-refractivity contribution in [3.05, 3.63) is 29.8 Å². The number of benzene rings is 1. The van der Waals surface area contributed by atoms with Gasteiger partial charge in [0.15, 0.2) is 0 Å². The molecule has 1 aromatic rings. The van der Waals surface area contributed by atoms with Crippen LogP contribution in [0.1, 0.15) is 12.5 Å². The Morgan fingerprint density at radius 1 is 1.32 bits per heavy atom. The first-order chi connectivity index (χ1) is 9.22. The standard InChI is InChI=1S/C15H21N3O/c1-13(11-16)18-8-6-17(7-9-18)12-14-4-3-5-15(10-14)19-2/h3-5,10,13H,6-9,12H2,1-2H3. The highest BCUT2D eigenvalue weighted by atomic mass is 16.5. The molecule has 0 saturated carbocycles. The molecule has 1 aromatic carbocycles. The fourth-order valence-electron chi connectivity index (χ4n) is 2.42. The van der Waals surface area contributed by atoms with Crippen molar-refractivity contribution in [1.29, 1.82) is 5.26 Å². The lowest BCUT2D eigenvalue weighted by molar-refractivity contribution is 0.114. The van der Waals surface area contributed by atoms with Gasteiger partial charge in [-0.05, 0) is 24.6 Å². The van der Waals surface area contributed by atoms with Gasteiger partial charge in [-0.15, -0.1) is 0 Å². The van der Waals surface area contributed by atoms with Crippen LogP contribution in [0.3, 0.4) is 0 Å². The first-order valence-corrected chi connectivity index (χ1v) is 6.72. The second-order valence-corrected chi connectivity index (χ2v) is 4.97. The van der Waals surface area contributed by atoms with Gasteiger partial charge in [-0.1, -0.05) is 12.1 Å². The van der Waals surface area contributed by atoms with Crippen LogP contribution in [0.25, 0.3) is 0 Å². The van der Waals surface area contributed by atoms with Crippen LogP contribution in [0, 0.1) is 11.3 Å². The minimum absolute atomic E-state index is 0.0268. The zero-order valence-corrected chi connectivity index (χ0v) is 11.7. The number of rotatable bonds is 4. The minimum Gasteiger partial charge on any atom is -0.497 e. The van der Waals surface area contributed by atoms with E-state index in [1.165, 1.54) is 5.56 Å². The molecule has 19 heavy (non-hydrogen) atoms. The summed E-state index contributed by atoms with van der Waals surface area (Å²) in [6.07, 6.45) is 0. The second-order valence-electron chi connectivity index (χ2n) is 4.97. The number of methoxy groups -OCH3 is 1. The number of nitrogens with zero attached hydrogens (tertiary/aromatic N) is 3. The molecule has 0 aromatic heterocycles. The second kappa shape index (κ2) is 6.55. The molecule has 1 saturated heterocycles. The van der Waals surface area contributed by atoms with E-state index in [0.717, 1.165) is 38.5 Å². The highest BCUT2D eigenvalue weighted by Gasteiger charge is 2.20. The Morgan fingerprint density at radius 3 is 2.68 bits per heavy atom. The highest BCUT2D eigenvalue weighted by Crippen LogP contribution is 2.15. The molecule has 0 spiro atoms. The van der Waals surface area contributed by atoms with Crippen molar-refractivity contribution in [2.24, 2.45) is 0 Å². The predicted octanol–water partition coefficient (Wildman–Crippen LogP) is 1.72. The Bertz CT molecular complexity index is 447. The quantitative estimate of drug-likeness (QED) is 0.825. The molecule has 1 atom stereocenters. The van der Waals surface area contributed by atoms with E-state index in [2.05, 4.69) is 28.0 Å². The van der Waals surface area contributed by atoms with Crippen LogP contribution in [0.4, 0.5) is 0 Å². The van der Waals surface area contributed by atoms with E-state index in [9.17, 15) is 0 Å². The third-order valence-electron chi connectivity index (χ3n) is 3.68. The van der Waals surface area contributed by atoms with E-state index < -0.39 is 0 Å². The fourth-order valence-corrected chi connectivity index (χ4v) is 2.42. The van der Waals surface area contributed by atoms with Crippen molar-refractivity contribution in [3.8, 4) is 11.8 Å². The molecule has 1 heterocycles. The van der Waals surface area contributed by atoms with Gasteiger partial charge in [0.2, 0.25) is 0 Å². The summed E-state index contributed by atoms with van der Waals surface area (Å²) in [6.45, 7) is 6.90. The third-order valence-corrected chi connectivity index (χ3v) is 3.68. The van der Waals surface area contributed by atoms with E-state index in [4.69, 9.17) is 10.00 Å². The van der Waals surface area contributed by atoms with E-state index in [1.54, 1.807) is 7.11 Å². The summed E-state index contributed by atoms with van der Waals surface area (Å²) in [6, 6.07) is 10.5. The molecule has 0 bridgehead atoms. The Morgan fingerprint density at radius 2 is 2.05 bits per heavy atom. The summed E-state index contributed by atoms with van der Waals surface area (Å²) in [5.74, 6) is 0.911. The van der Waals surface area contributed by atoms with E-state index in [1.807, 2.05) is 19.1 Å². The van der Waals surface area contributed by atoms with Gasteiger partial charge in [0.1, 0.15) is 5.75 Å². The molecule has 0 N–H and O–H groups in total. The Balaban J connectivity index is 1.87. The van der Waals surface area contributed by atoms with E-state index >= 15 is 0 Å². The van der Waals surface area contributed by atoms with Crippen LogP contribution >= 0.6 is 0 Å². The van der Waals surface area contributed by atoms with Crippen molar-refractivity contribution >= 4 is 0 Å². The first-order valence-electron chi connectivity index (χ1n) is 6.72. The van der Waals surface area contributed by atoms with Gasteiger partial charge < -0.3 is 4.74 Å². The summed E-state index contributed by atoms with van der Waals surface area (Å²) in [4.78, 5) is 4.66. The number of nitriles is 1. The average molecular weight is 259 g/mol. The molecular weight excluding hydrogens is 238 g/mol. The number of ether oxygens (including phenoxy) is 1. The summed E-state index contributed by atoms with van der Waals surface area (Å²) in [5.41, 5.74) is 1.28. The molecule has 4 heteroatoms. The van der Waals surface area contributed by atoms with Crippen LogP contribution < -0.4 is 4.74 Å². The van der Waals surface area contributed by atoms with E-state index in [-0.39, 0.29) is 6.04 Å². The molecule has 1 fully saturated rings. The van der Waals surface area contributed by atoms with Gasteiger partial charge in [-0.25, -0.2) is 0 Å². The normalized spacial score (nSPS) is 18.8. The van der Waals surface area contributed by atoms with Gasteiger partial charge >= 0.3 is 0 Å². The van der Waals surface area contributed by atoms with Gasteiger partial charge in [0, 0.05) is 32.7 Å². The molecule has 1 unspecified atom stereocenters. The van der Waals surface area contributed by atoms with Gasteiger partial charge in [0.05, 0.1) is 19.2 Å². The Hall–Kier alpha value is -1.57. The molecular formula is C15H21N3O. The SMILES string of the molecule is COc1cccc(CN2CCN(C(C)C#N)CC2)c1. The van der Waals surface area contributed by atoms with Crippen LogP contribution in [-0.2, 0) is 6.54 Å².